The number of halogens is 1. The second kappa shape index (κ2) is 9.21. The number of rotatable bonds is 6. The van der Waals surface area contributed by atoms with Crippen molar-refractivity contribution in [2.75, 3.05) is 16.0 Å². The van der Waals surface area contributed by atoms with E-state index in [-0.39, 0.29) is 28.4 Å². The maximum Gasteiger partial charge on any atom is 0.238 e. The van der Waals surface area contributed by atoms with Crippen molar-refractivity contribution in [1.29, 1.82) is 0 Å². The Morgan fingerprint density at radius 3 is 2.67 bits per heavy atom. The van der Waals surface area contributed by atoms with Gasteiger partial charge < -0.3 is 5.32 Å². The first-order chi connectivity index (χ1) is 14.1. The molecule has 0 spiro atoms. The third-order valence-corrected chi connectivity index (χ3v) is 6.12. The van der Waals surface area contributed by atoms with Gasteiger partial charge in [0, 0.05) is 17.8 Å². The maximum absolute atomic E-state index is 13.7. The first-order valence-electron chi connectivity index (χ1n) is 10.2. The summed E-state index contributed by atoms with van der Waals surface area (Å²) in [5, 5.41) is 2.73. The lowest BCUT2D eigenvalue weighted by atomic mass is 9.84. The third kappa shape index (κ3) is 5.85. The van der Waals surface area contributed by atoms with E-state index in [1.54, 1.807) is 17.0 Å². The lowest BCUT2D eigenvalue weighted by Gasteiger charge is -2.25. The van der Waals surface area contributed by atoms with Gasteiger partial charge in [-0.2, -0.15) is 0 Å². The number of hydrogen-bond donors (Lipinski definition) is 1. The quantitative estimate of drug-likeness (QED) is 0.613. The van der Waals surface area contributed by atoms with Gasteiger partial charge in [-0.25, -0.2) is 4.39 Å². The highest BCUT2D eigenvalue weighted by atomic mass is 32.2. The highest BCUT2D eigenvalue weighted by molar-refractivity contribution is 8.00. The first kappa shape index (κ1) is 22.3. The van der Waals surface area contributed by atoms with Gasteiger partial charge in [0.25, 0.3) is 0 Å². The normalized spacial score (nSPS) is 17.8. The van der Waals surface area contributed by atoms with E-state index in [1.165, 1.54) is 23.9 Å². The monoisotopic (exact) mass is 428 g/mol. The van der Waals surface area contributed by atoms with Crippen LogP contribution in [0.15, 0.2) is 48.5 Å². The minimum absolute atomic E-state index is 0.0129. The molecule has 4 nitrogen and oxygen atoms in total. The van der Waals surface area contributed by atoms with Gasteiger partial charge in [0.15, 0.2) is 0 Å². The molecule has 160 valence electrons. The average Bonchev–Trinajstić information content (AvgIpc) is 3.01. The Morgan fingerprint density at radius 2 is 1.97 bits per heavy atom. The molecule has 6 heteroatoms. The van der Waals surface area contributed by atoms with Gasteiger partial charge in [-0.1, -0.05) is 45.9 Å². The Balaban J connectivity index is 1.73. The molecule has 0 radical (unpaired) electrons. The number of carbonyl (C=O) groups excluding carboxylic acids is 2. The predicted octanol–water partition coefficient (Wildman–Crippen LogP) is 6.01. The topological polar surface area (TPSA) is 49.4 Å². The van der Waals surface area contributed by atoms with Crippen molar-refractivity contribution in [3.8, 4) is 0 Å². The zero-order valence-corrected chi connectivity index (χ0v) is 18.8. The standard InChI is InChI=1S/C24H29FN2O2S/c1-16(14-24(2,3)4)11-21(28)26-19-9-5-7-17(12-19)23-27(22(29)15-30-23)20-10-6-8-18(25)13-20/h5-10,12-13,16,23H,11,14-15H2,1-4H3,(H,26,28). The molecule has 2 amide bonds. The number of amides is 2. The average molecular weight is 429 g/mol. The van der Waals surface area contributed by atoms with Crippen LogP contribution in [0.3, 0.4) is 0 Å². The molecule has 3 rings (SSSR count). The molecule has 30 heavy (non-hydrogen) atoms. The molecule has 0 aliphatic carbocycles. The van der Waals surface area contributed by atoms with E-state index < -0.39 is 0 Å². The van der Waals surface area contributed by atoms with Crippen LogP contribution in [0, 0.1) is 17.2 Å². The van der Waals surface area contributed by atoms with Crippen LogP contribution < -0.4 is 10.2 Å². The fourth-order valence-electron chi connectivity index (χ4n) is 3.99. The Hall–Kier alpha value is -2.34. The molecule has 2 aromatic carbocycles. The molecular formula is C24H29FN2O2S. The summed E-state index contributed by atoms with van der Waals surface area (Å²) in [4.78, 5) is 26.6. The number of benzene rings is 2. The van der Waals surface area contributed by atoms with E-state index in [9.17, 15) is 14.0 Å². The predicted molar refractivity (Wildman–Crippen MR) is 122 cm³/mol. The van der Waals surface area contributed by atoms with E-state index >= 15 is 0 Å². The van der Waals surface area contributed by atoms with Crippen molar-refractivity contribution >= 4 is 35.0 Å². The van der Waals surface area contributed by atoms with Crippen molar-refractivity contribution in [2.45, 2.75) is 45.9 Å². The van der Waals surface area contributed by atoms with Crippen molar-refractivity contribution in [3.63, 3.8) is 0 Å². The summed E-state index contributed by atoms with van der Waals surface area (Å²) in [6.45, 7) is 8.63. The number of nitrogens with one attached hydrogen (secondary N) is 1. The fraction of sp³-hybridized carbons (Fsp3) is 0.417. The van der Waals surface area contributed by atoms with Gasteiger partial charge in [-0.15, -0.1) is 11.8 Å². The summed E-state index contributed by atoms with van der Waals surface area (Å²) in [5.41, 5.74) is 2.34. The van der Waals surface area contributed by atoms with E-state index in [0.29, 0.717) is 29.5 Å². The Bertz CT molecular complexity index is 925. The second-order valence-corrected chi connectivity index (χ2v) is 10.2. The molecule has 1 fully saturated rings. The molecule has 0 saturated carbocycles. The van der Waals surface area contributed by atoms with Crippen LogP contribution in [0.1, 0.15) is 51.5 Å². The van der Waals surface area contributed by atoms with Crippen LogP contribution in [0.5, 0.6) is 0 Å². The van der Waals surface area contributed by atoms with Gasteiger partial charge in [-0.05, 0) is 53.6 Å². The molecular weight excluding hydrogens is 399 g/mol. The minimum Gasteiger partial charge on any atom is -0.326 e. The summed E-state index contributed by atoms with van der Waals surface area (Å²) in [6, 6.07) is 13.6. The highest BCUT2D eigenvalue weighted by Crippen LogP contribution is 2.42. The van der Waals surface area contributed by atoms with Crippen molar-refractivity contribution < 1.29 is 14.0 Å². The molecule has 0 bridgehead atoms. The summed E-state index contributed by atoms with van der Waals surface area (Å²) in [5.74, 6) is 0.185. The Kier molecular flexibility index (Phi) is 6.86. The summed E-state index contributed by atoms with van der Waals surface area (Å²) >= 11 is 1.50. The number of carbonyl (C=O) groups is 2. The number of thioether (sulfide) groups is 1. The van der Waals surface area contributed by atoms with Gasteiger partial charge >= 0.3 is 0 Å². The zero-order chi connectivity index (χ0) is 21.9. The van der Waals surface area contributed by atoms with Crippen LogP contribution >= 0.6 is 11.8 Å². The molecule has 1 aliphatic heterocycles. The SMILES string of the molecule is CC(CC(=O)Nc1cccc(C2SCC(=O)N2c2cccc(F)c2)c1)CC(C)(C)C. The molecule has 2 unspecified atom stereocenters. The molecule has 1 aliphatic rings. The summed E-state index contributed by atoms with van der Waals surface area (Å²) < 4.78 is 13.7. The fourth-order valence-corrected chi connectivity index (χ4v) is 5.16. The van der Waals surface area contributed by atoms with E-state index in [1.807, 2.05) is 24.3 Å². The molecule has 1 heterocycles. The van der Waals surface area contributed by atoms with Crippen molar-refractivity contribution in [3.05, 3.63) is 59.9 Å². The molecule has 1 N–H and O–H groups in total. The van der Waals surface area contributed by atoms with Crippen molar-refractivity contribution in [2.24, 2.45) is 11.3 Å². The van der Waals surface area contributed by atoms with E-state index in [0.717, 1.165) is 12.0 Å². The molecule has 2 aromatic rings. The Labute approximate surface area is 182 Å². The van der Waals surface area contributed by atoms with Crippen LogP contribution in [0.4, 0.5) is 15.8 Å². The van der Waals surface area contributed by atoms with Gasteiger partial charge in [0.1, 0.15) is 11.2 Å². The lowest BCUT2D eigenvalue weighted by molar-refractivity contribution is -0.117. The lowest BCUT2D eigenvalue weighted by Crippen LogP contribution is -2.28. The Morgan fingerprint density at radius 1 is 1.23 bits per heavy atom. The van der Waals surface area contributed by atoms with Crippen LogP contribution in [0.25, 0.3) is 0 Å². The smallest absolute Gasteiger partial charge is 0.238 e. The third-order valence-electron chi connectivity index (χ3n) is 4.90. The number of anilines is 2. The largest absolute Gasteiger partial charge is 0.326 e. The number of nitrogens with zero attached hydrogens (tertiary/aromatic N) is 1. The van der Waals surface area contributed by atoms with Crippen LogP contribution in [-0.2, 0) is 9.59 Å². The summed E-state index contributed by atoms with van der Waals surface area (Å²) in [6.07, 6.45) is 1.44. The first-order valence-corrected chi connectivity index (χ1v) is 11.3. The zero-order valence-electron chi connectivity index (χ0n) is 17.9. The molecule has 2 atom stereocenters. The molecule has 0 aromatic heterocycles. The van der Waals surface area contributed by atoms with E-state index in [4.69, 9.17) is 0 Å². The second-order valence-electron chi connectivity index (χ2n) is 9.15. The van der Waals surface area contributed by atoms with E-state index in [2.05, 4.69) is 33.0 Å². The van der Waals surface area contributed by atoms with Gasteiger partial charge in [0.05, 0.1) is 5.75 Å². The summed E-state index contributed by atoms with van der Waals surface area (Å²) in [7, 11) is 0. The van der Waals surface area contributed by atoms with Gasteiger partial charge in [-0.3, -0.25) is 14.5 Å². The minimum atomic E-state index is -0.374. The highest BCUT2D eigenvalue weighted by Gasteiger charge is 2.34. The molecule has 1 saturated heterocycles. The van der Waals surface area contributed by atoms with Gasteiger partial charge in [0.2, 0.25) is 11.8 Å². The van der Waals surface area contributed by atoms with Crippen LogP contribution in [0.2, 0.25) is 0 Å². The van der Waals surface area contributed by atoms with Crippen LogP contribution in [-0.4, -0.2) is 17.6 Å². The van der Waals surface area contributed by atoms with Crippen molar-refractivity contribution in [1.82, 2.24) is 0 Å². The maximum atomic E-state index is 13.7. The number of hydrogen-bond acceptors (Lipinski definition) is 3.